The van der Waals surface area contributed by atoms with Crippen molar-refractivity contribution >= 4 is 57.3 Å². The first-order valence-corrected chi connectivity index (χ1v) is 17.7. The molecule has 2 aromatic rings. The lowest BCUT2D eigenvalue weighted by atomic mass is 10.1. The molecule has 30 heavy (non-hydrogen) atoms. The van der Waals surface area contributed by atoms with E-state index in [9.17, 15) is 4.79 Å². The minimum Gasteiger partial charge on any atom is -0.395 e. The van der Waals surface area contributed by atoms with E-state index >= 15 is 0 Å². The molecule has 1 aromatic carbocycles. The quantitative estimate of drug-likeness (QED) is 0.512. The highest BCUT2D eigenvalue weighted by atomic mass is 35.5. The van der Waals surface area contributed by atoms with Gasteiger partial charge >= 0.3 is 0 Å². The lowest BCUT2D eigenvalue weighted by Crippen LogP contribution is -2.35. The minimum absolute atomic E-state index is 0.199. The summed E-state index contributed by atoms with van der Waals surface area (Å²) in [5, 5.41) is 0.701. The molecule has 0 saturated heterocycles. The molecule has 0 fully saturated rings. The zero-order valence-electron chi connectivity index (χ0n) is 18.5. The largest absolute Gasteiger partial charge is 0.395 e. The SMILES string of the molecule is CC1c2nc(N[Si](C)(C)C)nc(N[Si](C)(C)C)c2CN1C(=O)c1c(Cl)cccc1Cl. The lowest BCUT2D eigenvalue weighted by molar-refractivity contribution is 0.0704. The third-order valence-corrected chi connectivity index (χ3v) is 7.24. The van der Waals surface area contributed by atoms with Crippen LogP contribution in [0.3, 0.4) is 0 Å². The number of amides is 1. The molecule has 0 spiro atoms. The molecule has 1 unspecified atom stereocenters. The number of carbonyl (C=O) groups excluding carboxylic acids is 1. The van der Waals surface area contributed by atoms with E-state index in [0.717, 1.165) is 17.1 Å². The highest BCUT2D eigenvalue weighted by Gasteiger charge is 2.37. The number of rotatable bonds is 5. The van der Waals surface area contributed by atoms with E-state index in [1.165, 1.54) is 0 Å². The van der Waals surface area contributed by atoms with Gasteiger partial charge in [0.05, 0.1) is 33.9 Å². The van der Waals surface area contributed by atoms with Crippen molar-refractivity contribution in [2.75, 3.05) is 9.96 Å². The maximum atomic E-state index is 13.4. The monoisotopic (exact) mass is 481 g/mol. The molecule has 0 saturated carbocycles. The van der Waals surface area contributed by atoms with E-state index in [1.807, 2.05) is 6.92 Å². The van der Waals surface area contributed by atoms with E-state index in [2.05, 4.69) is 49.2 Å². The van der Waals surface area contributed by atoms with Crippen molar-refractivity contribution in [3.05, 3.63) is 45.1 Å². The maximum absolute atomic E-state index is 13.4. The van der Waals surface area contributed by atoms with Gasteiger partial charge in [0, 0.05) is 5.56 Å². The number of fused-ring (bicyclic) bond motifs is 1. The van der Waals surface area contributed by atoms with Crippen molar-refractivity contribution in [1.29, 1.82) is 0 Å². The summed E-state index contributed by atoms with van der Waals surface area (Å²) in [6.45, 7) is 15.7. The zero-order chi connectivity index (χ0) is 22.4. The van der Waals surface area contributed by atoms with Crippen LogP contribution in [0.1, 0.15) is 34.6 Å². The summed E-state index contributed by atoms with van der Waals surface area (Å²) in [5.41, 5.74) is 2.15. The average molecular weight is 483 g/mol. The lowest BCUT2D eigenvalue weighted by Gasteiger charge is -2.23. The Labute approximate surface area is 190 Å². The second-order valence-electron chi connectivity index (χ2n) is 9.72. The van der Waals surface area contributed by atoms with Crippen LogP contribution in [0.4, 0.5) is 11.8 Å². The topological polar surface area (TPSA) is 70.2 Å². The molecule has 162 valence electrons. The first-order chi connectivity index (χ1) is 13.8. The summed E-state index contributed by atoms with van der Waals surface area (Å²) in [7, 11) is -3.33. The van der Waals surface area contributed by atoms with Crippen LogP contribution in [0, 0.1) is 0 Å². The number of anilines is 2. The van der Waals surface area contributed by atoms with Crippen LogP contribution in [0.15, 0.2) is 18.2 Å². The number of halogens is 2. The summed E-state index contributed by atoms with van der Waals surface area (Å²) >= 11 is 12.6. The third-order valence-electron chi connectivity index (χ3n) is 4.65. The first kappa shape index (κ1) is 23.1. The molecular weight excluding hydrogens is 453 g/mol. The molecular formula is C20H29Cl2N5OSi2. The van der Waals surface area contributed by atoms with Gasteiger partial charge in [-0.3, -0.25) is 4.79 Å². The predicted molar refractivity (Wildman–Crippen MR) is 131 cm³/mol. The van der Waals surface area contributed by atoms with E-state index < -0.39 is 16.5 Å². The second-order valence-corrected chi connectivity index (χ2v) is 20.0. The molecule has 1 amide bonds. The van der Waals surface area contributed by atoms with Gasteiger partial charge in [-0.25, -0.2) is 4.98 Å². The zero-order valence-corrected chi connectivity index (χ0v) is 22.0. The van der Waals surface area contributed by atoms with Crippen LogP contribution in [0.25, 0.3) is 0 Å². The molecule has 0 aliphatic carbocycles. The molecule has 1 aliphatic heterocycles. The Hall–Kier alpha value is -1.62. The van der Waals surface area contributed by atoms with Crippen molar-refractivity contribution in [1.82, 2.24) is 14.9 Å². The van der Waals surface area contributed by atoms with Crippen LogP contribution < -0.4 is 9.96 Å². The summed E-state index contributed by atoms with van der Waals surface area (Å²) in [6, 6.07) is 4.89. The smallest absolute Gasteiger partial charge is 0.257 e. The Bertz CT molecular complexity index is 968. The van der Waals surface area contributed by atoms with Gasteiger partial charge in [0.25, 0.3) is 5.91 Å². The molecule has 1 aliphatic rings. The Morgan fingerprint density at radius 1 is 1.03 bits per heavy atom. The summed E-state index contributed by atoms with van der Waals surface area (Å²) < 4.78 is 0. The van der Waals surface area contributed by atoms with Gasteiger partial charge in [-0.1, -0.05) is 68.6 Å². The predicted octanol–water partition coefficient (Wildman–Crippen LogP) is 5.99. The van der Waals surface area contributed by atoms with Crippen LogP contribution in [0.2, 0.25) is 49.3 Å². The second kappa shape index (κ2) is 8.14. The molecule has 1 atom stereocenters. The number of nitrogens with zero attached hydrogens (tertiary/aromatic N) is 3. The highest BCUT2D eigenvalue weighted by Crippen LogP contribution is 2.39. The van der Waals surface area contributed by atoms with Crippen molar-refractivity contribution in [3.63, 3.8) is 0 Å². The number of aromatic nitrogens is 2. The van der Waals surface area contributed by atoms with Gasteiger partial charge in [-0.15, -0.1) is 0 Å². The van der Waals surface area contributed by atoms with Crippen LogP contribution in [-0.2, 0) is 6.54 Å². The fraction of sp³-hybridized carbons (Fsp3) is 0.450. The fourth-order valence-corrected chi connectivity index (χ4v) is 5.66. The Morgan fingerprint density at radius 2 is 1.60 bits per heavy atom. The molecule has 6 nitrogen and oxygen atoms in total. The third kappa shape index (κ3) is 4.99. The van der Waals surface area contributed by atoms with E-state index in [0.29, 0.717) is 28.1 Å². The average Bonchev–Trinajstić information content (AvgIpc) is 2.89. The number of benzene rings is 1. The number of nitrogens with one attached hydrogen (secondary N) is 2. The van der Waals surface area contributed by atoms with Crippen LogP contribution >= 0.6 is 23.2 Å². The van der Waals surface area contributed by atoms with Crippen molar-refractivity contribution in [2.45, 2.75) is 58.8 Å². The normalized spacial score (nSPS) is 16.4. The number of hydrogen-bond donors (Lipinski definition) is 2. The van der Waals surface area contributed by atoms with Crippen LogP contribution in [-0.4, -0.2) is 37.2 Å². The van der Waals surface area contributed by atoms with E-state index in [-0.39, 0.29) is 11.9 Å². The Morgan fingerprint density at radius 3 is 2.13 bits per heavy atom. The van der Waals surface area contributed by atoms with Gasteiger partial charge in [0.2, 0.25) is 5.95 Å². The van der Waals surface area contributed by atoms with E-state index in [4.69, 9.17) is 33.2 Å². The number of carbonyl (C=O) groups is 1. The molecule has 1 aromatic heterocycles. The van der Waals surface area contributed by atoms with Crippen molar-refractivity contribution < 1.29 is 4.79 Å². The molecule has 2 N–H and O–H groups in total. The molecule has 10 heteroatoms. The highest BCUT2D eigenvalue weighted by molar-refractivity contribution is 6.79. The van der Waals surface area contributed by atoms with Crippen LogP contribution in [0.5, 0.6) is 0 Å². The molecule has 0 bridgehead atoms. The Balaban J connectivity index is 2.04. The van der Waals surface area contributed by atoms with Gasteiger partial charge < -0.3 is 14.9 Å². The fourth-order valence-electron chi connectivity index (χ4n) is 3.40. The summed E-state index contributed by atoms with van der Waals surface area (Å²) in [4.78, 5) is 31.9. The standard InChI is InChI=1S/C20H29Cl2N5OSi2/c1-12-17-13(11-27(12)19(28)16-14(21)9-8-10-15(16)22)18(25-29(2,3)4)24-20(23-17)26-30(5,6)7/h8-10,12H,11H2,1-7H3,(H2,23,24,25,26). The van der Waals surface area contributed by atoms with Crippen molar-refractivity contribution in [2.24, 2.45) is 0 Å². The molecule has 2 heterocycles. The molecule has 3 rings (SSSR count). The van der Waals surface area contributed by atoms with Gasteiger partial charge in [0.15, 0.2) is 0 Å². The summed E-state index contributed by atoms with van der Waals surface area (Å²) in [6.07, 6.45) is 0. The summed E-state index contributed by atoms with van der Waals surface area (Å²) in [5.74, 6) is 1.23. The van der Waals surface area contributed by atoms with Gasteiger partial charge in [-0.05, 0) is 19.1 Å². The number of hydrogen-bond acceptors (Lipinski definition) is 5. The van der Waals surface area contributed by atoms with Gasteiger partial charge in [0.1, 0.15) is 22.3 Å². The van der Waals surface area contributed by atoms with Crippen molar-refractivity contribution in [3.8, 4) is 0 Å². The Kier molecular flexibility index (Phi) is 6.26. The first-order valence-electron chi connectivity index (χ1n) is 9.99. The minimum atomic E-state index is -1.68. The van der Waals surface area contributed by atoms with E-state index in [1.54, 1.807) is 23.1 Å². The maximum Gasteiger partial charge on any atom is 0.257 e. The van der Waals surface area contributed by atoms with Gasteiger partial charge in [-0.2, -0.15) is 4.98 Å². The molecule has 0 radical (unpaired) electrons.